The molecule has 2 aromatic heterocycles. The van der Waals surface area contributed by atoms with Crippen LogP contribution in [0.15, 0.2) is 30.3 Å². The Morgan fingerprint density at radius 3 is 2.75 bits per heavy atom. The molecule has 0 bridgehead atoms. The largest absolute Gasteiger partial charge is 0.203 e. The molecule has 0 unspecified atom stereocenters. The van der Waals surface area contributed by atoms with Gasteiger partial charge < -0.3 is 0 Å². The van der Waals surface area contributed by atoms with E-state index in [4.69, 9.17) is 0 Å². The number of benzene rings is 1. The molecule has 0 aliphatic heterocycles. The molecular formula is C12H11N3S. The van der Waals surface area contributed by atoms with Gasteiger partial charge in [0.1, 0.15) is 10.5 Å². The molecule has 0 atom stereocenters. The van der Waals surface area contributed by atoms with Crippen LogP contribution >= 0.6 is 11.3 Å². The van der Waals surface area contributed by atoms with E-state index >= 15 is 0 Å². The molecule has 0 spiro atoms. The second-order valence-corrected chi connectivity index (χ2v) is 5.05. The van der Waals surface area contributed by atoms with Crippen molar-refractivity contribution in [3.63, 3.8) is 0 Å². The maximum absolute atomic E-state index is 4.20. The summed E-state index contributed by atoms with van der Waals surface area (Å²) < 4.78 is 1.90. The van der Waals surface area contributed by atoms with Gasteiger partial charge in [0.2, 0.25) is 0 Å². The van der Waals surface area contributed by atoms with Gasteiger partial charge in [-0.25, -0.2) is 4.68 Å². The molecule has 0 amide bonds. The Morgan fingerprint density at radius 1 is 1.19 bits per heavy atom. The Hall–Kier alpha value is -1.68. The minimum atomic E-state index is 0.936. The molecule has 0 N–H and O–H groups in total. The minimum Gasteiger partial charge on any atom is -0.203 e. The van der Waals surface area contributed by atoms with E-state index in [0.717, 1.165) is 16.0 Å². The third-order valence-electron chi connectivity index (χ3n) is 2.71. The van der Waals surface area contributed by atoms with Crippen molar-refractivity contribution in [2.45, 2.75) is 13.8 Å². The fourth-order valence-corrected chi connectivity index (χ4v) is 2.68. The maximum Gasteiger partial charge on any atom is 0.120 e. The van der Waals surface area contributed by atoms with Gasteiger partial charge in [0.05, 0.1) is 5.52 Å². The lowest BCUT2D eigenvalue weighted by Crippen LogP contribution is -1.92. The fourth-order valence-electron chi connectivity index (χ4n) is 1.69. The number of nitrogens with zero attached hydrogens (tertiary/aromatic N) is 3. The summed E-state index contributed by atoms with van der Waals surface area (Å²) in [6.45, 7) is 4.25. The van der Waals surface area contributed by atoms with Crippen LogP contribution < -0.4 is 0 Å². The Bertz CT molecular complexity index is 632. The van der Waals surface area contributed by atoms with E-state index in [1.54, 1.807) is 11.3 Å². The van der Waals surface area contributed by atoms with Crippen molar-refractivity contribution < 1.29 is 0 Å². The summed E-state index contributed by atoms with van der Waals surface area (Å²) in [6.07, 6.45) is 0. The highest BCUT2D eigenvalue weighted by Gasteiger charge is 2.08. The fraction of sp³-hybridized carbons (Fsp3) is 0.167. The number of para-hydroxylation sites is 1. The highest BCUT2D eigenvalue weighted by atomic mass is 32.1. The quantitative estimate of drug-likeness (QED) is 0.642. The van der Waals surface area contributed by atoms with Crippen LogP contribution in [0.1, 0.15) is 10.4 Å². The van der Waals surface area contributed by atoms with E-state index < -0.39 is 0 Å². The van der Waals surface area contributed by atoms with E-state index in [9.17, 15) is 0 Å². The van der Waals surface area contributed by atoms with Crippen molar-refractivity contribution in [1.29, 1.82) is 0 Å². The van der Waals surface area contributed by atoms with Crippen molar-refractivity contribution in [2.24, 2.45) is 0 Å². The molecule has 0 aliphatic rings. The summed E-state index contributed by atoms with van der Waals surface area (Å²) in [7, 11) is 0. The van der Waals surface area contributed by atoms with Crippen LogP contribution in [0.3, 0.4) is 0 Å². The summed E-state index contributed by atoms with van der Waals surface area (Å²) in [5.74, 6) is 0. The number of fused-ring (bicyclic) bond motifs is 1. The zero-order chi connectivity index (χ0) is 11.1. The first-order valence-corrected chi connectivity index (χ1v) is 5.95. The van der Waals surface area contributed by atoms with Crippen LogP contribution in [-0.2, 0) is 0 Å². The average molecular weight is 229 g/mol. The summed E-state index contributed by atoms with van der Waals surface area (Å²) in [6, 6.07) is 10.2. The lowest BCUT2D eigenvalue weighted by molar-refractivity contribution is 0.835. The van der Waals surface area contributed by atoms with Gasteiger partial charge >= 0.3 is 0 Å². The molecule has 0 saturated heterocycles. The Kier molecular flexibility index (Phi) is 2.04. The summed E-state index contributed by atoms with van der Waals surface area (Å²) in [4.78, 5) is 1.33. The van der Waals surface area contributed by atoms with Gasteiger partial charge in [0.25, 0.3) is 0 Å². The molecule has 1 aromatic carbocycles. The van der Waals surface area contributed by atoms with Crippen LogP contribution in [0, 0.1) is 13.8 Å². The van der Waals surface area contributed by atoms with Crippen LogP contribution in [0.2, 0.25) is 0 Å². The predicted molar refractivity (Wildman–Crippen MR) is 66.2 cm³/mol. The van der Waals surface area contributed by atoms with E-state index in [1.807, 2.05) is 28.9 Å². The van der Waals surface area contributed by atoms with Gasteiger partial charge in [0, 0.05) is 4.88 Å². The molecule has 3 nitrogen and oxygen atoms in total. The number of hydrogen-bond donors (Lipinski definition) is 0. The predicted octanol–water partition coefficient (Wildman–Crippen LogP) is 3.10. The van der Waals surface area contributed by atoms with E-state index in [-0.39, 0.29) is 0 Å². The standard InChI is InChI=1S/C12H11N3S/c1-8-7-12(16-9(8)2)15-11-6-4-3-5-10(11)13-14-15/h3-7H,1-2H3. The lowest BCUT2D eigenvalue weighted by Gasteiger charge is -1.96. The molecule has 0 aliphatic carbocycles. The van der Waals surface area contributed by atoms with Crippen molar-refractivity contribution in [2.75, 3.05) is 0 Å². The number of aryl methyl sites for hydroxylation is 2. The van der Waals surface area contributed by atoms with E-state index in [0.29, 0.717) is 0 Å². The SMILES string of the molecule is Cc1cc(-n2nnc3ccccc32)sc1C. The third-order valence-corrected chi connectivity index (χ3v) is 3.84. The van der Waals surface area contributed by atoms with Gasteiger partial charge in [-0.15, -0.1) is 16.4 Å². The van der Waals surface area contributed by atoms with E-state index in [1.165, 1.54) is 10.4 Å². The molecule has 3 rings (SSSR count). The third kappa shape index (κ3) is 1.34. The van der Waals surface area contributed by atoms with Crippen LogP contribution in [0.25, 0.3) is 16.0 Å². The van der Waals surface area contributed by atoms with Crippen LogP contribution in [0.4, 0.5) is 0 Å². The molecule has 80 valence electrons. The van der Waals surface area contributed by atoms with Gasteiger partial charge in [-0.05, 0) is 37.6 Å². The van der Waals surface area contributed by atoms with Gasteiger partial charge in [-0.3, -0.25) is 0 Å². The topological polar surface area (TPSA) is 30.7 Å². The first-order valence-electron chi connectivity index (χ1n) is 5.13. The van der Waals surface area contributed by atoms with Gasteiger partial charge in [-0.2, -0.15) is 0 Å². The number of rotatable bonds is 1. The molecule has 4 heteroatoms. The first kappa shape index (κ1) is 9.54. The van der Waals surface area contributed by atoms with Crippen LogP contribution in [0.5, 0.6) is 0 Å². The van der Waals surface area contributed by atoms with Crippen LogP contribution in [-0.4, -0.2) is 15.0 Å². The van der Waals surface area contributed by atoms with Crippen molar-refractivity contribution >= 4 is 22.4 Å². The monoisotopic (exact) mass is 229 g/mol. The Labute approximate surface area is 97.3 Å². The molecular weight excluding hydrogens is 218 g/mol. The number of thiophene rings is 1. The molecule has 0 fully saturated rings. The van der Waals surface area contributed by atoms with Crippen molar-refractivity contribution in [3.05, 3.63) is 40.8 Å². The van der Waals surface area contributed by atoms with Gasteiger partial charge in [0.15, 0.2) is 0 Å². The summed E-state index contributed by atoms with van der Waals surface area (Å²) >= 11 is 1.75. The highest BCUT2D eigenvalue weighted by Crippen LogP contribution is 2.26. The number of aromatic nitrogens is 3. The maximum atomic E-state index is 4.20. The van der Waals surface area contributed by atoms with E-state index in [2.05, 4.69) is 30.2 Å². The molecule has 0 saturated carbocycles. The highest BCUT2D eigenvalue weighted by molar-refractivity contribution is 7.14. The normalized spacial score (nSPS) is 11.1. The summed E-state index contributed by atoms with van der Waals surface area (Å²) in [5.41, 5.74) is 3.30. The lowest BCUT2D eigenvalue weighted by atomic mass is 10.3. The van der Waals surface area contributed by atoms with Crippen molar-refractivity contribution in [3.8, 4) is 5.00 Å². The molecule has 0 radical (unpaired) electrons. The first-order chi connectivity index (χ1) is 7.75. The zero-order valence-electron chi connectivity index (χ0n) is 9.14. The Morgan fingerprint density at radius 2 is 2.00 bits per heavy atom. The van der Waals surface area contributed by atoms with Crippen molar-refractivity contribution in [1.82, 2.24) is 15.0 Å². The second kappa shape index (κ2) is 3.42. The molecule has 3 aromatic rings. The second-order valence-electron chi connectivity index (χ2n) is 3.81. The molecule has 2 heterocycles. The minimum absolute atomic E-state index is 0.936. The summed E-state index contributed by atoms with van der Waals surface area (Å²) in [5, 5.41) is 9.48. The van der Waals surface area contributed by atoms with Gasteiger partial charge in [-0.1, -0.05) is 17.3 Å². The average Bonchev–Trinajstić information content (AvgIpc) is 2.83. The molecule has 16 heavy (non-hydrogen) atoms. The Balaban J connectivity index is 2.26. The smallest absolute Gasteiger partial charge is 0.120 e. The zero-order valence-corrected chi connectivity index (χ0v) is 9.95. The number of hydrogen-bond acceptors (Lipinski definition) is 3.